The van der Waals surface area contributed by atoms with Crippen molar-refractivity contribution in [3.05, 3.63) is 35.3 Å². The van der Waals surface area contributed by atoms with Crippen LogP contribution < -0.4 is 10.1 Å². The number of thiazole rings is 1. The number of amides is 1. The molecule has 0 saturated heterocycles. The smallest absolute Gasteiger partial charge is 0.331 e. The van der Waals surface area contributed by atoms with Crippen molar-refractivity contribution in [2.24, 2.45) is 0 Å². The van der Waals surface area contributed by atoms with Gasteiger partial charge in [-0.2, -0.15) is 0 Å². The van der Waals surface area contributed by atoms with Crippen molar-refractivity contribution >= 4 is 23.2 Å². The minimum atomic E-state index is -0.935. The molecule has 1 amide bonds. The molecule has 1 fully saturated rings. The number of methoxy groups -OCH3 is 1. The Labute approximate surface area is 162 Å². The molecule has 1 aromatic carbocycles. The van der Waals surface area contributed by atoms with E-state index in [0.29, 0.717) is 25.1 Å². The van der Waals surface area contributed by atoms with Crippen molar-refractivity contribution < 1.29 is 19.1 Å². The van der Waals surface area contributed by atoms with E-state index in [1.807, 2.05) is 24.3 Å². The first-order valence-electron chi connectivity index (χ1n) is 9.17. The van der Waals surface area contributed by atoms with Crippen LogP contribution in [0, 0.1) is 0 Å². The zero-order valence-electron chi connectivity index (χ0n) is 15.6. The lowest BCUT2D eigenvalue weighted by Crippen LogP contribution is -2.56. The summed E-state index contributed by atoms with van der Waals surface area (Å²) < 4.78 is 10.4. The van der Waals surface area contributed by atoms with E-state index in [9.17, 15) is 9.59 Å². The van der Waals surface area contributed by atoms with Gasteiger partial charge in [-0.05, 0) is 44.0 Å². The van der Waals surface area contributed by atoms with Gasteiger partial charge in [0, 0.05) is 10.9 Å². The number of aromatic nitrogens is 1. The van der Waals surface area contributed by atoms with Gasteiger partial charge in [0.15, 0.2) is 0 Å². The monoisotopic (exact) mass is 388 g/mol. The van der Waals surface area contributed by atoms with E-state index in [2.05, 4.69) is 10.3 Å². The Balaban J connectivity index is 1.76. The number of benzene rings is 1. The van der Waals surface area contributed by atoms with Crippen LogP contribution in [0.15, 0.2) is 29.6 Å². The van der Waals surface area contributed by atoms with Gasteiger partial charge in [0.05, 0.1) is 13.7 Å². The van der Waals surface area contributed by atoms with Gasteiger partial charge in [-0.15, -0.1) is 11.3 Å². The SMILES string of the molecule is CCOC(=O)C1(NC(=O)c2csc(-c3ccc(OC)cc3)n2)CCCCC1. The maximum atomic E-state index is 12.8. The lowest BCUT2D eigenvalue weighted by Gasteiger charge is -2.35. The number of nitrogens with zero attached hydrogens (tertiary/aromatic N) is 1. The van der Waals surface area contributed by atoms with Crippen molar-refractivity contribution in [3.63, 3.8) is 0 Å². The molecule has 3 rings (SSSR count). The third-order valence-electron chi connectivity index (χ3n) is 4.80. The summed E-state index contributed by atoms with van der Waals surface area (Å²) in [4.78, 5) is 29.7. The van der Waals surface area contributed by atoms with Crippen LogP contribution in [0.25, 0.3) is 10.6 Å². The largest absolute Gasteiger partial charge is 0.497 e. The molecular weight excluding hydrogens is 364 g/mol. The molecule has 1 aromatic heterocycles. The molecule has 1 N–H and O–H groups in total. The van der Waals surface area contributed by atoms with Gasteiger partial charge in [-0.3, -0.25) is 4.79 Å². The topological polar surface area (TPSA) is 77.5 Å². The van der Waals surface area contributed by atoms with Crippen molar-refractivity contribution in [2.45, 2.75) is 44.6 Å². The van der Waals surface area contributed by atoms with Crippen LogP contribution in [0.4, 0.5) is 0 Å². The molecule has 1 saturated carbocycles. The van der Waals surface area contributed by atoms with Crippen LogP contribution in [-0.2, 0) is 9.53 Å². The maximum Gasteiger partial charge on any atom is 0.331 e. The molecule has 0 atom stereocenters. The number of hydrogen-bond acceptors (Lipinski definition) is 6. The Bertz CT molecular complexity index is 795. The summed E-state index contributed by atoms with van der Waals surface area (Å²) in [5.74, 6) is 0.0894. The number of ether oxygens (including phenoxy) is 2. The van der Waals surface area contributed by atoms with Gasteiger partial charge in [-0.25, -0.2) is 9.78 Å². The molecule has 0 radical (unpaired) electrons. The molecule has 6 nitrogen and oxygen atoms in total. The molecule has 1 aliphatic rings. The quantitative estimate of drug-likeness (QED) is 0.762. The van der Waals surface area contributed by atoms with E-state index in [0.717, 1.165) is 35.6 Å². The van der Waals surface area contributed by atoms with Gasteiger partial charge >= 0.3 is 5.97 Å². The lowest BCUT2D eigenvalue weighted by molar-refractivity contribution is -0.152. The first-order valence-corrected chi connectivity index (χ1v) is 10.1. The first kappa shape index (κ1) is 19.4. The third kappa shape index (κ3) is 4.30. The van der Waals surface area contributed by atoms with Gasteiger partial charge in [0.2, 0.25) is 0 Å². The average Bonchev–Trinajstić information content (AvgIpc) is 3.19. The van der Waals surface area contributed by atoms with Crippen molar-refractivity contribution in [1.82, 2.24) is 10.3 Å². The van der Waals surface area contributed by atoms with Gasteiger partial charge < -0.3 is 14.8 Å². The van der Waals surface area contributed by atoms with Crippen molar-refractivity contribution in [3.8, 4) is 16.3 Å². The molecule has 0 spiro atoms. The summed E-state index contributed by atoms with van der Waals surface area (Å²) in [5, 5.41) is 5.39. The highest BCUT2D eigenvalue weighted by molar-refractivity contribution is 7.13. The number of nitrogens with one attached hydrogen (secondary N) is 1. The highest BCUT2D eigenvalue weighted by Crippen LogP contribution is 2.31. The Morgan fingerprint density at radius 1 is 1.19 bits per heavy atom. The first-order chi connectivity index (χ1) is 13.1. The second-order valence-electron chi connectivity index (χ2n) is 6.58. The standard InChI is InChI=1S/C20H24N2O4S/c1-3-26-19(24)20(11-5-4-6-12-20)22-17(23)16-13-27-18(21-16)14-7-9-15(25-2)10-8-14/h7-10,13H,3-6,11-12H2,1-2H3,(H,22,23). The third-order valence-corrected chi connectivity index (χ3v) is 5.69. The van der Waals surface area contributed by atoms with Crippen LogP contribution in [0.1, 0.15) is 49.5 Å². The van der Waals surface area contributed by atoms with Crippen LogP contribution >= 0.6 is 11.3 Å². The summed E-state index contributed by atoms with van der Waals surface area (Å²) in [5.41, 5.74) is 0.299. The molecule has 27 heavy (non-hydrogen) atoms. The normalized spacial score (nSPS) is 15.8. The van der Waals surface area contributed by atoms with Gasteiger partial charge in [-0.1, -0.05) is 19.3 Å². The summed E-state index contributed by atoms with van der Waals surface area (Å²) in [6.07, 6.45) is 4.07. The van der Waals surface area contributed by atoms with E-state index in [1.165, 1.54) is 11.3 Å². The van der Waals surface area contributed by atoms with Crippen LogP contribution in [-0.4, -0.2) is 36.1 Å². The van der Waals surface area contributed by atoms with Gasteiger partial charge in [0.25, 0.3) is 5.91 Å². The zero-order valence-corrected chi connectivity index (χ0v) is 16.4. The zero-order chi connectivity index (χ0) is 19.3. The number of hydrogen-bond donors (Lipinski definition) is 1. The molecule has 1 heterocycles. The van der Waals surface area contributed by atoms with E-state index in [4.69, 9.17) is 9.47 Å². The van der Waals surface area contributed by atoms with Crippen molar-refractivity contribution in [1.29, 1.82) is 0 Å². The van der Waals surface area contributed by atoms with Crippen LogP contribution in [0.2, 0.25) is 0 Å². The maximum absolute atomic E-state index is 12.8. The summed E-state index contributed by atoms with van der Waals surface area (Å²) >= 11 is 1.40. The van der Waals surface area contributed by atoms with E-state index in [1.54, 1.807) is 19.4 Å². The fourth-order valence-corrected chi connectivity index (χ4v) is 4.14. The Kier molecular flexibility index (Phi) is 6.11. The highest BCUT2D eigenvalue weighted by atomic mass is 32.1. The highest BCUT2D eigenvalue weighted by Gasteiger charge is 2.42. The molecule has 144 valence electrons. The molecular formula is C20H24N2O4S. The fourth-order valence-electron chi connectivity index (χ4n) is 3.33. The summed E-state index contributed by atoms with van der Waals surface area (Å²) in [7, 11) is 1.62. The minimum absolute atomic E-state index is 0.300. The number of carbonyl (C=O) groups is 2. The molecule has 1 aliphatic carbocycles. The predicted octanol–water partition coefficient (Wildman–Crippen LogP) is 3.81. The number of carbonyl (C=O) groups excluding carboxylic acids is 2. The summed E-state index contributed by atoms with van der Waals surface area (Å²) in [6.45, 7) is 2.08. The molecule has 0 aliphatic heterocycles. The molecule has 7 heteroatoms. The van der Waals surface area contributed by atoms with Crippen LogP contribution in [0.5, 0.6) is 5.75 Å². The lowest BCUT2D eigenvalue weighted by atomic mass is 9.81. The molecule has 0 bridgehead atoms. The Hall–Kier alpha value is -2.41. The predicted molar refractivity (Wildman–Crippen MR) is 104 cm³/mol. The fraction of sp³-hybridized carbons (Fsp3) is 0.450. The van der Waals surface area contributed by atoms with E-state index < -0.39 is 5.54 Å². The average molecular weight is 388 g/mol. The number of esters is 1. The molecule has 0 unspecified atom stereocenters. The van der Waals surface area contributed by atoms with Crippen molar-refractivity contribution in [2.75, 3.05) is 13.7 Å². The van der Waals surface area contributed by atoms with E-state index >= 15 is 0 Å². The Morgan fingerprint density at radius 3 is 2.52 bits per heavy atom. The molecule has 2 aromatic rings. The second kappa shape index (κ2) is 8.52. The number of rotatable bonds is 6. The minimum Gasteiger partial charge on any atom is -0.497 e. The Morgan fingerprint density at radius 2 is 1.89 bits per heavy atom. The van der Waals surface area contributed by atoms with Crippen LogP contribution in [0.3, 0.4) is 0 Å². The summed E-state index contributed by atoms with van der Waals surface area (Å²) in [6, 6.07) is 7.52. The van der Waals surface area contributed by atoms with Gasteiger partial charge in [0.1, 0.15) is 22.0 Å². The second-order valence-corrected chi connectivity index (χ2v) is 7.44. The van der Waals surface area contributed by atoms with E-state index in [-0.39, 0.29) is 11.9 Å².